The Bertz CT molecular complexity index is 436. The van der Waals surface area contributed by atoms with Crippen molar-refractivity contribution in [1.29, 1.82) is 0 Å². The average molecular weight is 256 g/mol. The van der Waals surface area contributed by atoms with Crippen molar-refractivity contribution in [2.24, 2.45) is 0 Å². The van der Waals surface area contributed by atoms with Gasteiger partial charge < -0.3 is 4.74 Å². The predicted molar refractivity (Wildman–Crippen MR) is 68.5 cm³/mol. The van der Waals surface area contributed by atoms with Crippen LogP contribution < -0.4 is 0 Å². The summed E-state index contributed by atoms with van der Waals surface area (Å²) in [6.07, 6.45) is 2.36. The molecule has 0 radical (unpaired) electrons. The molecule has 4 heteroatoms. The number of esters is 1. The summed E-state index contributed by atoms with van der Waals surface area (Å²) in [4.78, 5) is 16.2. The Morgan fingerprint density at radius 2 is 2.06 bits per heavy atom. The number of pyridine rings is 1. The first-order valence-corrected chi connectivity index (χ1v) is 6.01. The van der Waals surface area contributed by atoms with E-state index in [0.717, 1.165) is 12.0 Å². The van der Waals surface area contributed by atoms with Crippen LogP contribution in [0.5, 0.6) is 0 Å². The molecule has 0 amide bonds. The number of rotatable bonds is 2. The highest BCUT2D eigenvalue weighted by Crippen LogP contribution is 2.23. The number of aryl methyl sites for hydroxylation is 1. The summed E-state index contributed by atoms with van der Waals surface area (Å²) >= 11 is 5.94. The average Bonchev–Trinajstić information content (AvgIpc) is 2.19. The predicted octanol–water partition coefficient (Wildman–Crippen LogP) is 3.56. The van der Waals surface area contributed by atoms with Crippen molar-refractivity contribution in [3.8, 4) is 0 Å². The number of halogens is 1. The molecule has 0 aromatic carbocycles. The third-order valence-corrected chi connectivity index (χ3v) is 2.70. The largest absolute Gasteiger partial charge is 0.456 e. The summed E-state index contributed by atoms with van der Waals surface area (Å²) in [7, 11) is 0. The van der Waals surface area contributed by atoms with Crippen LogP contribution in [-0.2, 0) is 11.2 Å². The van der Waals surface area contributed by atoms with Gasteiger partial charge in [-0.2, -0.15) is 0 Å². The molecule has 3 nitrogen and oxygen atoms in total. The van der Waals surface area contributed by atoms with Crippen molar-refractivity contribution in [1.82, 2.24) is 4.98 Å². The normalized spacial score (nSPS) is 11.4. The molecule has 0 atom stereocenters. The zero-order valence-corrected chi connectivity index (χ0v) is 11.7. The molecular formula is C13H18ClNO2. The third-order valence-electron chi connectivity index (χ3n) is 2.32. The van der Waals surface area contributed by atoms with Crippen LogP contribution in [0.25, 0.3) is 0 Å². The van der Waals surface area contributed by atoms with Crippen LogP contribution >= 0.6 is 11.6 Å². The maximum Gasteiger partial charge on any atom is 0.339 e. The molecular weight excluding hydrogens is 238 g/mol. The first kappa shape index (κ1) is 14.0. The maximum atomic E-state index is 12.1. The molecule has 0 aliphatic heterocycles. The fraction of sp³-hybridized carbons (Fsp3) is 0.538. The van der Waals surface area contributed by atoms with Crippen LogP contribution in [0.2, 0.25) is 5.15 Å². The summed E-state index contributed by atoms with van der Waals surface area (Å²) in [5.41, 5.74) is 1.58. The summed E-state index contributed by atoms with van der Waals surface area (Å²) in [5.74, 6) is -0.337. The van der Waals surface area contributed by atoms with E-state index in [2.05, 4.69) is 4.98 Å². The number of carbonyl (C=O) groups is 1. The first-order chi connectivity index (χ1) is 7.76. The Kier molecular flexibility index (Phi) is 4.15. The van der Waals surface area contributed by atoms with Gasteiger partial charge >= 0.3 is 5.97 Å². The zero-order chi connectivity index (χ0) is 13.2. The number of aromatic nitrogens is 1. The zero-order valence-electron chi connectivity index (χ0n) is 10.9. The van der Waals surface area contributed by atoms with Crippen molar-refractivity contribution >= 4 is 17.6 Å². The number of nitrogens with zero attached hydrogens (tertiary/aromatic N) is 1. The molecule has 0 fully saturated rings. The molecule has 0 unspecified atom stereocenters. The van der Waals surface area contributed by atoms with E-state index in [-0.39, 0.29) is 5.97 Å². The van der Waals surface area contributed by atoms with Crippen LogP contribution in [0.1, 0.15) is 49.2 Å². The topological polar surface area (TPSA) is 39.2 Å². The van der Waals surface area contributed by atoms with Gasteiger partial charge in [0.15, 0.2) is 0 Å². The van der Waals surface area contributed by atoms with Gasteiger partial charge in [0.25, 0.3) is 0 Å². The molecule has 0 bridgehead atoms. The van der Waals surface area contributed by atoms with Gasteiger partial charge in [0.05, 0.1) is 5.56 Å². The second kappa shape index (κ2) is 5.05. The first-order valence-electron chi connectivity index (χ1n) is 5.63. The molecule has 0 aliphatic rings. The molecule has 0 N–H and O–H groups in total. The number of ether oxygens (including phenoxy) is 1. The quantitative estimate of drug-likeness (QED) is 0.599. The monoisotopic (exact) mass is 255 g/mol. The molecule has 1 aromatic heterocycles. The van der Waals surface area contributed by atoms with Gasteiger partial charge in [-0.25, -0.2) is 9.78 Å². The lowest BCUT2D eigenvalue weighted by Crippen LogP contribution is -2.25. The van der Waals surface area contributed by atoms with E-state index in [1.165, 1.54) is 0 Å². The lowest BCUT2D eigenvalue weighted by molar-refractivity contribution is 0.00674. The minimum absolute atomic E-state index is 0.337. The standard InChI is InChI=1S/C13H18ClNO2/c1-6-9-7-15-11(14)8(2)10(9)12(16)17-13(3,4)5/h7H,6H2,1-5H3. The molecule has 0 saturated heterocycles. The van der Waals surface area contributed by atoms with E-state index in [4.69, 9.17) is 16.3 Å². The fourth-order valence-electron chi connectivity index (χ4n) is 1.52. The molecule has 0 aliphatic carbocycles. The highest BCUT2D eigenvalue weighted by Gasteiger charge is 2.23. The van der Waals surface area contributed by atoms with E-state index < -0.39 is 5.60 Å². The molecule has 17 heavy (non-hydrogen) atoms. The van der Waals surface area contributed by atoms with Crippen LogP contribution in [0.3, 0.4) is 0 Å². The highest BCUT2D eigenvalue weighted by atomic mass is 35.5. The Morgan fingerprint density at radius 3 is 2.53 bits per heavy atom. The van der Waals surface area contributed by atoms with E-state index in [0.29, 0.717) is 16.3 Å². The second-order valence-electron chi connectivity index (χ2n) is 4.93. The van der Waals surface area contributed by atoms with Gasteiger partial charge in [0, 0.05) is 11.8 Å². The summed E-state index contributed by atoms with van der Waals surface area (Å²) in [6.45, 7) is 9.28. The van der Waals surface area contributed by atoms with E-state index in [9.17, 15) is 4.79 Å². The second-order valence-corrected chi connectivity index (χ2v) is 5.29. The molecule has 0 spiro atoms. The Labute approximate surface area is 107 Å². The number of hydrogen-bond acceptors (Lipinski definition) is 3. The van der Waals surface area contributed by atoms with E-state index >= 15 is 0 Å². The van der Waals surface area contributed by atoms with Gasteiger partial charge in [0.2, 0.25) is 0 Å². The Hall–Kier alpha value is -1.09. The van der Waals surface area contributed by atoms with Crippen LogP contribution in [0.15, 0.2) is 6.20 Å². The molecule has 94 valence electrons. The minimum atomic E-state index is -0.510. The van der Waals surface area contributed by atoms with E-state index in [1.54, 1.807) is 13.1 Å². The molecule has 1 aromatic rings. The maximum absolute atomic E-state index is 12.1. The summed E-state index contributed by atoms with van der Waals surface area (Å²) < 4.78 is 5.38. The third kappa shape index (κ3) is 3.43. The van der Waals surface area contributed by atoms with Gasteiger partial charge in [-0.05, 0) is 39.7 Å². The fourth-order valence-corrected chi connectivity index (χ4v) is 1.66. The molecule has 1 rings (SSSR count). The van der Waals surface area contributed by atoms with Crippen molar-refractivity contribution in [2.75, 3.05) is 0 Å². The van der Waals surface area contributed by atoms with Gasteiger partial charge in [-0.3, -0.25) is 0 Å². The SMILES string of the molecule is CCc1cnc(Cl)c(C)c1C(=O)OC(C)(C)C. The summed E-state index contributed by atoms with van der Waals surface area (Å²) in [6, 6.07) is 0. The van der Waals surface area contributed by atoms with Crippen molar-refractivity contribution in [3.05, 3.63) is 28.0 Å². The van der Waals surface area contributed by atoms with Crippen LogP contribution in [-0.4, -0.2) is 16.6 Å². The van der Waals surface area contributed by atoms with Crippen LogP contribution in [0.4, 0.5) is 0 Å². The lowest BCUT2D eigenvalue weighted by atomic mass is 10.0. The van der Waals surface area contributed by atoms with Crippen molar-refractivity contribution < 1.29 is 9.53 Å². The van der Waals surface area contributed by atoms with Gasteiger partial charge in [0.1, 0.15) is 10.8 Å². The molecule has 1 heterocycles. The van der Waals surface area contributed by atoms with Crippen LogP contribution in [0, 0.1) is 6.92 Å². The van der Waals surface area contributed by atoms with E-state index in [1.807, 2.05) is 27.7 Å². The van der Waals surface area contributed by atoms with Gasteiger partial charge in [-0.15, -0.1) is 0 Å². The minimum Gasteiger partial charge on any atom is -0.456 e. The number of hydrogen-bond donors (Lipinski definition) is 0. The van der Waals surface area contributed by atoms with Gasteiger partial charge in [-0.1, -0.05) is 18.5 Å². The molecule has 0 saturated carbocycles. The van der Waals surface area contributed by atoms with Crippen molar-refractivity contribution in [3.63, 3.8) is 0 Å². The Balaban J connectivity index is 3.20. The highest BCUT2D eigenvalue weighted by molar-refractivity contribution is 6.30. The smallest absolute Gasteiger partial charge is 0.339 e. The Morgan fingerprint density at radius 1 is 1.47 bits per heavy atom. The van der Waals surface area contributed by atoms with Crippen molar-refractivity contribution in [2.45, 2.75) is 46.6 Å². The number of carbonyl (C=O) groups excluding carboxylic acids is 1. The summed E-state index contributed by atoms with van der Waals surface area (Å²) in [5, 5.41) is 0.350. The lowest BCUT2D eigenvalue weighted by Gasteiger charge is -2.21.